The summed E-state index contributed by atoms with van der Waals surface area (Å²) in [5, 5.41) is 2.94. The number of rotatable bonds is 6. The van der Waals surface area contributed by atoms with Crippen LogP contribution in [0.2, 0.25) is 0 Å². The molecule has 4 heteroatoms. The number of hydrogen-bond acceptors (Lipinski definition) is 2. The number of piperazine rings is 1. The minimum absolute atomic E-state index is 0.0114. The fourth-order valence-corrected chi connectivity index (χ4v) is 2.93. The number of carbonyl (C=O) groups is 2. The minimum Gasteiger partial charge on any atom is -0.342 e. The van der Waals surface area contributed by atoms with Crippen molar-refractivity contribution in [1.82, 2.24) is 10.2 Å². The second kappa shape index (κ2) is 7.43. The highest BCUT2D eigenvalue weighted by Gasteiger charge is 2.41. The van der Waals surface area contributed by atoms with Gasteiger partial charge in [-0.25, -0.2) is 0 Å². The van der Waals surface area contributed by atoms with Gasteiger partial charge in [-0.3, -0.25) is 9.59 Å². The van der Waals surface area contributed by atoms with E-state index in [0.717, 1.165) is 18.4 Å². The summed E-state index contributed by atoms with van der Waals surface area (Å²) in [4.78, 5) is 27.1. The topological polar surface area (TPSA) is 49.4 Å². The first-order valence-corrected chi connectivity index (χ1v) is 8.23. The van der Waals surface area contributed by atoms with Gasteiger partial charge in [-0.2, -0.15) is 0 Å². The smallest absolute Gasteiger partial charge is 0.246 e. The van der Waals surface area contributed by atoms with E-state index in [1.54, 1.807) is 4.90 Å². The Morgan fingerprint density at radius 3 is 2.45 bits per heavy atom. The molecule has 4 nitrogen and oxygen atoms in total. The van der Waals surface area contributed by atoms with Crippen LogP contribution in [0.4, 0.5) is 0 Å². The normalized spacial score (nSPS) is 23.3. The van der Waals surface area contributed by atoms with Gasteiger partial charge >= 0.3 is 0 Å². The van der Waals surface area contributed by atoms with Crippen LogP contribution in [-0.4, -0.2) is 28.8 Å². The summed E-state index contributed by atoms with van der Waals surface area (Å²) in [6, 6.07) is 9.14. The van der Waals surface area contributed by atoms with E-state index in [0.29, 0.717) is 13.0 Å². The molecule has 0 aromatic heterocycles. The molecule has 0 radical (unpaired) electrons. The van der Waals surface area contributed by atoms with Crippen molar-refractivity contribution < 1.29 is 9.59 Å². The Balaban J connectivity index is 2.25. The maximum Gasteiger partial charge on any atom is 0.246 e. The summed E-state index contributed by atoms with van der Waals surface area (Å²) < 4.78 is 0. The van der Waals surface area contributed by atoms with Gasteiger partial charge in [0.25, 0.3) is 0 Å². The van der Waals surface area contributed by atoms with Crippen LogP contribution in [0.1, 0.15) is 45.6 Å². The standard InChI is InChI=1S/C18H26N2O2/c1-4-9-15-17(21)19-16(13(3)5-2)18(22)20(15)12-14-10-7-6-8-11-14/h6-8,10-11,13,15-16H,4-5,9,12H2,1-3H3,(H,19,21). The summed E-state index contributed by atoms with van der Waals surface area (Å²) in [7, 11) is 0. The van der Waals surface area contributed by atoms with Crippen molar-refractivity contribution in [1.29, 1.82) is 0 Å². The van der Waals surface area contributed by atoms with Crippen LogP contribution in [0, 0.1) is 5.92 Å². The van der Waals surface area contributed by atoms with Crippen molar-refractivity contribution in [2.45, 2.75) is 58.7 Å². The van der Waals surface area contributed by atoms with E-state index < -0.39 is 6.04 Å². The zero-order valence-corrected chi connectivity index (χ0v) is 13.7. The lowest BCUT2D eigenvalue weighted by Crippen LogP contribution is -2.64. The third kappa shape index (κ3) is 3.49. The van der Waals surface area contributed by atoms with Crippen LogP contribution in [0.15, 0.2) is 30.3 Å². The van der Waals surface area contributed by atoms with Crippen LogP contribution >= 0.6 is 0 Å². The third-order valence-electron chi connectivity index (χ3n) is 4.50. The van der Waals surface area contributed by atoms with Crippen LogP contribution in [0.5, 0.6) is 0 Å². The fourth-order valence-electron chi connectivity index (χ4n) is 2.93. The lowest BCUT2D eigenvalue weighted by Gasteiger charge is -2.41. The van der Waals surface area contributed by atoms with E-state index >= 15 is 0 Å². The molecule has 1 fully saturated rings. The Kier molecular flexibility index (Phi) is 5.58. The SMILES string of the molecule is CCCC1C(=O)NC(C(C)CC)C(=O)N1Cc1ccccc1. The highest BCUT2D eigenvalue weighted by molar-refractivity contribution is 5.97. The van der Waals surface area contributed by atoms with Crippen LogP contribution < -0.4 is 5.32 Å². The van der Waals surface area contributed by atoms with Crippen molar-refractivity contribution in [2.24, 2.45) is 5.92 Å². The Morgan fingerprint density at radius 1 is 1.18 bits per heavy atom. The van der Waals surface area contributed by atoms with Crippen molar-refractivity contribution in [2.75, 3.05) is 0 Å². The fraction of sp³-hybridized carbons (Fsp3) is 0.556. The molecule has 1 aliphatic heterocycles. The van der Waals surface area contributed by atoms with Gasteiger partial charge < -0.3 is 10.2 Å². The molecule has 3 unspecified atom stereocenters. The second-order valence-electron chi connectivity index (χ2n) is 6.13. The van der Waals surface area contributed by atoms with Crippen molar-refractivity contribution in [3.8, 4) is 0 Å². The number of carbonyl (C=O) groups excluding carboxylic acids is 2. The third-order valence-corrected chi connectivity index (χ3v) is 4.50. The molecule has 3 atom stereocenters. The summed E-state index contributed by atoms with van der Waals surface area (Å²) >= 11 is 0. The Bertz CT molecular complexity index is 515. The van der Waals surface area contributed by atoms with E-state index in [-0.39, 0.29) is 23.8 Å². The predicted molar refractivity (Wildman–Crippen MR) is 87.1 cm³/mol. The lowest BCUT2D eigenvalue weighted by molar-refractivity contribution is -0.151. The van der Waals surface area contributed by atoms with Crippen LogP contribution in [-0.2, 0) is 16.1 Å². The first kappa shape index (κ1) is 16.5. The molecule has 0 saturated carbocycles. The highest BCUT2D eigenvalue weighted by atomic mass is 16.2. The Morgan fingerprint density at radius 2 is 1.86 bits per heavy atom. The molecule has 2 rings (SSSR count). The van der Waals surface area contributed by atoms with Gasteiger partial charge in [0.2, 0.25) is 11.8 Å². The van der Waals surface area contributed by atoms with E-state index in [9.17, 15) is 9.59 Å². The molecule has 1 saturated heterocycles. The second-order valence-corrected chi connectivity index (χ2v) is 6.13. The summed E-state index contributed by atoms with van der Waals surface area (Å²) in [6.45, 7) is 6.61. The largest absolute Gasteiger partial charge is 0.342 e. The number of nitrogens with one attached hydrogen (secondary N) is 1. The number of nitrogens with zero attached hydrogens (tertiary/aromatic N) is 1. The first-order chi connectivity index (χ1) is 10.6. The van der Waals surface area contributed by atoms with Crippen molar-refractivity contribution in [3.05, 3.63) is 35.9 Å². The van der Waals surface area contributed by atoms with Gasteiger partial charge in [0.15, 0.2) is 0 Å². The molecule has 1 heterocycles. The van der Waals surface area contributed by atoms with Gasteiger partial charge in [-0.15, -0.1) is 0 Å². The average Bonchev–Trinajstić information content (AvgIpc) is 2.54. The molecule has 1 aromatic carbocycles. The maximum absolute atomic E-state index is 12.9. The number of benzene rings is 1. The maximum atomic E-state index is 12.9. The van der Waals surface area contributed by atoms with Gasteiger partial charge in [-0.1, -0.05) is 63.9 Å². The molecule has 0 bridgehead atoms. The molecule has 22 heavy (non-hydrogen) atoms. The van der Waals surface area contributed by atoms with Crippen molar-refractivity contribution >= 4 is 11.8 Å². The van der Waals surface area contributed by atoms with Gasteiger partial charge in [-0.05, 0) is 17.9 Å². The molecule has 0 spiro atoms. The molecule has 120 valence electrons. The Labute approximate surface area is 132 Å². The van der Waals surface area contributed by atoms with E-state index in [1.807, 2.05) is 51.1 Å². The van der Waals surface area contributed by atoms with Gasteiger partial charge in [0, 0.05) is 6.54 Å². The van der Waals surface area contributed by atoms with Crippen molar-refractivity contribution in [3.63, 3.8) is 0 Å². The van der Waals surface area contributed by atoms with Crippen LogP contribution in [0.3, 0.4) is 0 Å². The number of amides is 2. The van der Waals surface area contributed by atoms with E-state index in [2.05, 4.69) is 5.32 Å². The minimum atomic E-state index is -0.394. The quantitative estimate of drug-likeness (QED) is 0.878. The van der Waals surface area contributed by atoms with Gasteiger partial charge in [0.1, 0.15) is 12.1 Å². The number of hydrogen-bond donors (Lipinski definition) is 1. The average molecular weight is 302 g/mol. The van der Waals surface area contributed by atoms with Crippen LogP contribution in [0.25, 0.3) is 0 Å². The lowest BCUT2D eigenvalue weighted by atomic mass is 9.92. The monoisotopic (exact) mass is 302 g/mol. The zero-order valence-electron chi connectivity index (χ0n) is 13.7. The molecule has 2 amide bonds. The van der Waals surface area contributed by atoms with E-state index in [4.69, 9.17) is 0 Å². The molecule has 1 aromatic rings. The molecule has 0 aliphatic carbocycles. The predicted octanol–water partition coefficient (Wildman–Crippen LogP) is 2.73. The first-order valence-electron chi connectivity index (χ1n) is 8.23. The molecule has 1 aliphatic rings. The van der Waals surface area contributed by atoms with Gasteiger partial charge in [0.05, 0.1) is 0 Å². The molecular weight excluding hydrogens is 276 g/mol. The summed E-state index contributed by atoms with van der Waals surface area (Å²) in [5.74, 6) is 0.191. The zero-order chi connectivity index (χ0) is 16.1. The Hall–Kier alpha value is -1.84. The highest BCUT2D eigenvalue weighted by Crippen LogP contribution is 2.22. The van der Waals surface area contributed by atoms with E-state index in [1.165, 1.54) is 0 Å². The summed E-state index contributed by atoms with van der Waals surface area (Å²) in [6.07, 6.45) is 2.45. The molecular formula is C18H26N2O2. The molecule has 1 N–H and O–H groups in total. The summed E-state index contributed by atoms with van der Waals surface area (Å²) in [5.41, 5.74) is 1.06.